The highest BCUT2D eigenvalue weighted by Crippen LogP contribution is 2.40. The maximum atomic E-state index is 11.8. The Morgan fingerprint density at radius 1 is 0.950 bits per heavy atom. The molecule has 3 aromatic carbocycles. The zero-order valence-electron chi connectivity index (χ0n) is 10.4. The Morgan fingerprint density at radius 3 is 2.45 bits per heavy atom. The molecular formula is C17H9ClOS. The van der Waals surface area contributed by atoms with Gasteiger partial charge in [0.25, 0.3) is 5.24 Å². The number of carbonyl (C=O) groups excluding carboxylic acids is 1. The predicted octanol–water partition coefficient (Wildman–Crippen LogP) is 5.59. The van der Waals surface area contributed by atoms with Crippen LogP contribution in [0.5, 0.6) is 0 Å². The first-order chi connectivity index (χ1) is 9.75. The van der Waals surface area contributed by atoms with Gasteiger partial charge < -0.3 is 0 Å². The van der Waals surface area contributed by atoms with Crippen LogP contribution in [0.4, 0.5) is 0 Å². The molecule has 0 bridgehead atoms. The standard InChI is InChI=1S/C17H9ClOS/c18-17(19)13-9-10-5-1-2-6-11(10)16-15(13)12-7-3-4-8-14(12)20-16/h1-9H. The summed E-state index contributed by atoms with van der Waals surface area (Å²) >= 11 is 7.52. The molecule has 0 aliphatic carbocycles. The van der Waals surface area contributed by atoms with Crippen LogP contribution >= 0.6 is 22.9 Å². The SMILES string of the molecule is O=C(Cl)c1cc2ccccc2c2sc3ccccc3c12. The van der Waals surface area contributed by atoms with Crippen molar-refractivity contribution in [3.63, 3.8) is 0 Å². The van der Waals surface area contributed by atoms with Gasteiger partial charge in [-0.1, -0.05) is 42.5 Å². The minimum atomic E-state index is -0.399. The van der Waals surface area contributed by atoms with Gasteiger partial charge in [0.15, 0.2) is 0 Å². The Bertz CT molecular complexity index is 984. The maximum Gasteiger partial charge on any atom is 0.253 e. The van der Waals surface area contributed by atoms with Crippen molar-refractivity contribution in [1.82, 2.24) is 0 Å². The highest BCUT2D eigenvalue weighted by atomic mass is 35.5. The second-order valence-electron chi connectivity index (χ2n) is 4.72. The molecule has 0 atom stereocenters. The Kier molecular flexibility index (Phi) is 2.56. The smallest absolute Gasteiger partial charge is 0.253 e. The van der Waals surface area contributed by atoms with Crippen LogP contribution in [0.3, 0.4) is 0 Å². The van der Waals surface area contributed by atoms with Crippen LogP contribution in [-0.2, 0) is 0 Å². The summed E-state index contributed by atoms with van der Waals surface area (Å²) in [5, 5.41) is 3.90. The van der Waals surface area contributed by atoms with E-state index in [1.807, 2.05) is 42.5 Å². The molecule has 1 aromatic heterocycles. The Morgan fingerprint density at radius 2 is 1.65 bits per heavy atom. The van der Waals surface area contributed by atoms with Gasteiger partial charge in [-0.3, -0.25) is 4.79 Å². The zero-order valence-corrected chi connectivity index (χ0v) is 12.0. The number of hydrogen-bond donors (Lipinski definition) is 0. The molecule has 20 heavy (non-hydrogen) atoms. The van der Waals surface area contributed by atoms with Crippen LogP contribution in [0.1, 0.15) is 10.4 Å². The van der Waals surface area contributed by atoms with E-state index in [-0.39, 0.29) is 0 Å². The minimum Gasteiger partial charge on any atom is -0.276 e. The van der Waals surface area contributed by atoms with Gasteiger partial charge in [0, 0.05) is 25.7 Å². The fraction of sp³-hybridized carbons (Fsp3) is 0. The number of benzene rings is 3. The molecule has 4 aromatic rings. The van der Waals surface area contributed by atoms with Crippen LogP contribution in [0, 0.1) is 0 Å². The summed E-state index contributed by atoms with van der Waals surface area (Å²) in [7, 11) is 0. The number of hydrogen-bond acceptors (Lipinski definition) is 2. The highest BCUT2D eigenvalue weighted by Gasteiger charge is 2.16. The van der Waals surface area contributed by atoms with Crippen molar-refractivity contribution in [3.05, 3.63) is 60.2 Å². The van der Waals surface area contributed by atoms with Crippen molar-refractivity contribution in [2.45, 2.75) is 0 Å². The van der Waals surface area contributed by atoms with Crippen LogP contribution in [0.25, 0.3) is 30.9 Å². The monoisotopic (exact) mass is 296 g/mol. The van der Waals surface area contributed by atoms with E-state index in [9.17, 15) is 4.79 Å². The second-order valence-corrected chi connectivity index (χ2v) is 6.12. The third kappa shape index (κ3) is 1.59. The molecule has 0 aliphatic heterocycles. The Labute approximate surface area is 124 Å². The lowest BCUT2D eigenvalue weighted by Crippen LogP contribution is -1.90. The van der Waals surface area contributed by atoms with Crippen molar-refractivity contribution in [3.8, 4) is 0 Å². The van der Waals surface area contributed by atoms with Crippen molar-refractivity contribution in [2.24, 2.45) is 0 Å². The number of halogens is 1. The lowest BCUT2D eigenvalue weighted by atomic mass is 10.0. The van der Waals surface area contributed by atoms with Crippen molar-refractivity contribution >= 4 is 59.1 Å². The molecule has 0 saturated heterocycles. The third-order valence-corrected chi connectivity index (χ3v) is 4.99. The number of rotatable bonds is 1. The molecule has 0 radical (unpaired) electrons. The molecule has 0 saturated carbocycles. The van der Waals surface area contributed by atoms with E-state index in [1.54, 1.807) is 11.3 Å². The highest BCUT2D eigenvalue weighted by molar-refractivity contribution is 7.26. The molecule has 0 spiro atoms. The molecule has 0 N–H and O–H groups in total. The third-order valence-electron chi connectivity index (χ3n) is 3.58. The van der Waals surface area contributed by atoms with Gasteiger partial charge >= 0.3 is 0 Å². The lowest BCUT2D eigenvalue weighted by Gasteiger charge is -2.04. The molecule has 0 unspecified atom stereocenters. The zero-order chi connectivity index (χ0) is 13.7. The van der Waals surface area contributed by atoms with E-state index < -0.39 is 5.24 Å². The molecule has 0 amide bonds. The van der Waals surface area contributed by atoms with Crippen molar-refractivity contribution in [1.29, 1.82) is 0 Å². The van der Waals surface area contributed by atoms with E-state index in [4.69, 9.17) is 11.6 Å². The molecule has 1 nitrogen and oxygen atoms in total. The number of fused-ring (bicyclic) bond motifs is 5. The topological polar surface area (TPSA) is 17.1 Å². The summed E-state index contributed by atoms with van der Waals surface area (Å²) < 4.78 is 2.31. The normalized spacial score (nSPS) is 11.4. The van der Waals surface area contributed by atoms with Crippen LogP contribution in [-0.4, -0.2) is 5.24 Å². The van der Waals surface area contributed by atoms with Gasteiger partial charge in [-0.15, -0.1) is 11.3 Å². The number of thiophene rings is 1. The van der Waals surface area contributed by atoms with Gasteiger partial charge in [0.2, 0.25) is 0 Å². The van der Waals surface area contributed by atoms with Crippen molar-refractivity contribution < 1.29 is 4.79 Å². The van der Waals surface area contributed by atoms with Crippen LogP contribution in [0.15, 0.2) is 54.6 Å². The second kappa shape index (κ2) is 4.30. The first-order valence-corrected chi connectivity index (χ1v) is 7.48. The van der Waals surface area contributed by atoms with E-state index in [1.165, 1.54) is 10.1 Å². The largest absolute Gasteiger partial charge is 0.276 e. The first-order valence-electron chi connectivity index (χ1n) is 6.28. The fourth-order valence-electron chi connectivity index (χ4n) is 2.71. The molecule has 0 aliphatic rings. The Balaban J connectivity index is 2.36. The molecule has 96 valence electrons. The summed E-state index contributed by atoms with van der Waals surface area (Å²) in [4.78, 5) is 11.8. The Hall–Kier alpha value is -1.90. The average molecular weight is 297 g/mol. The lowest BCUT2D eigenvalue weighted by molar-refractivity contribution is 0.108. The summed E-state index contributed by atoms with van der Waals surface area (Å²) in [6, 6.07) is 18.1. The van der Waals surface area contributed by atoms with Crippen LogP contribution < -0.4 is 0 Å². The molecule has 1 heterocycles. The van der Waals surface area contributed by atoms with Crippen molar-refractivity contribution in [2.75, 3.05) is 0 Å². The molecule has 0 fully saturated rings. The summed E-state index contributed by atoms with van der Waals surface area (Å²) in [5.41, 5.74) is 0.595. The van der Waals surface area contributed by atoms with Gasteiger partial charge in [-0.2, -0.15) is 0 Å². The van der Waals surface area contributed by atoms with E-state index >= 15 is 0 Å². The van der Waals surface area contributed by atoms with Gasteiger partial charge in [0.05, 0.1) is 0 Å². The molecular weight excluding hydrogens is 288 g/mol. The fourth-order valence-corrected chi connectivity index (χ4v) is 4.13. The molecule has 4 rings (SSSR count). The summed E-state index contributed by atoms with van der Waals surface area (Å²) in [5.74, 6) is 0. The molecule has 3 heteroatoms. The summed E-state index contributed by atoms with van der Waals surface area (Å²) in [6.07, 6.45) is 0. The van der Waals surface area contributed by atoms with Gasteiger partial charge in [-0.05, 0) is 34.5 Å². The quantitative estimate of drug-likeness (QED) is 0.419. The van der Waals surface area contributed by atoms with Gasteiger partial charge in [-0.25, -0.2) is 0 Å². The van der Waals surface area contributed by atoms with E-state index in [2.05, 4.69) is 12.1 Å². The average Bonchev–Trinajstić information content (AvgIpc) is 2.86. The van der Waals surface area contributed by atoms with Crippen LogP contribution in [0.2, 0.25) is 0 Å². The van der Waals surface area contributed by atoms with E-state index in [0.717, 1.165) is 20.9 Å². The van der Waals surface area contributed by atoms with E-state index in [0.29, 0.717) is 5.56 Å². The number of carbonyl (C=O) groups is 1. The predicted molar refractivity (Wildman–Crippen MR) is 87.0 cm³/mol. The minimum absolute atomic E-state index is 0.399. The van der Waals surface area contributed by atoms with Gasteiger partial charge in [0.1, 0.15) is 0 Å². The maximum absolute atomic E-state index is 11.8. The first kappa shape index (κ1) is 11.9. The summed E-state index contributed by atoms with van der Waals surface area (Å²) in [6.45, 7) is 0.